The van der Waals surface area contributed by atoms with Gasteiger partial charge in [0.1, 0.15) is 5.69 Å². The first-order valence-corrected chi connectivity index (χ1v) is 11.7. The third-order valence-electron chi connectivity index (χ3n) is 6.14. The van der Waals surface area contributed by atoms with Crippen molar-refractivity contribution in [1.29, 1.82) is 0 Å². The van der Waals surface area contributed by atoms with Gasteiger partial charge in [-0.25, -0.2) is 4.98 Å². The van der Waals surface area contributed by atoms with Crippen molar-refractivity contribution in [2.45, 2.75) is 45.1 Å². The molecule has 8 heteroatoms. The van der Waals surface area contributed by atoms with Crippen LogP contribution >= 0.6 is 0 Å². The topological polar surface area (TPSA) is 84.0 Å². The fourth-order valence-corrected chi connectivity index (χ4v) is 4.36. The van der Waals surface area contributed by atoms with Crippen molar-refractivity contribution >= 4 is 17.5 Å². The molecule has 1 aromatic heterocycles. The first-order chi connectivity index (χ1) is 16.2. The molecule has 0 unspecified atom stereocenters. The zero-order valence-corrected chi connectivity index (χ0v) is 19.2. The van der Waals surface area contributed by atoms with Crippen LogP contribution in [0.15, 0.2) is 36.5 Å². The third kappa shape index (κ3) is 5.82. The van der Waals surface area contributed by atoms with Gasteiger partial charge in [0, 0.05) is 31.1 Å². The van der Waals surface area contributed by atoms with Crippen LogP contribution in [0.1, 0.15) is 44.1 Å². The number of hydrogen-bond acceptors (Lipinski definition) is 6. The maximum absolute atomic E-state index is 13.1. The van der Waals surface area contributed by atoms with Crippen LogP contribution in [0, 0.1) is 0 Å². The molecule has 0 atom stereocenters. The molecule has 0 radical (unpaired) electrons. The van der Waals surface area contributed by atoms with E-state index < -0.39 is 0 Å². The van der Waals surface area contributed by atoms with E-state index in [4.69, 9.17) is 9.47 Å². The van der Waals surface area contributed by atoms with E-state index in [1.165, 1.54) is 19.3 Å². The Morgan fingerprint density at radius 1 is 1.12 bits per heavy atom. The lowest BCUT2D eigenvalue weighted by Gasteiger charge is -2.26. The molecule has 0 saturated carbocycles. The maximum Gasteiger partial charge on any atom is 0.243 e. The summed E-state index contributed by atoms with van der Waals surface area (Å²) in [6.07, 6.45) is 6.69. The molecule has 4 rings (SSSR count). The number of nitrogens with zero attached hydrogens (tertiary/aromatic N) is 3. The fourth-order valence-electron chi connectivity index (χ4n) is 4.36. The molecule has 176 valence electrons. The Morgan fingerprint density at radius 2 is 1.97 bits per heavy atom. The summed E-state index contributed by atoms with van der Waals surface area (Å²) in [5.74, 6) is 1.24. The number of anilines is 1. The highest BCUT2D eigenvalue weighted by atomic mass is 16.5. The van der Waals surface area contributed by atoms with Crippen molar-refractivity contribution in [2.75, 3.05) is 38.2 Å². The Morgan fingerprint density at radius 3 is 2.79 bits per heavy atom. The van der Waals surface area contributed by atoms with E-state index in [2.05, 4.69) is 15.2 Å². The number of hydrogen-bond donors (Lipinski definition) is 1. The summed E-state index contributed by atoms with van der Waals surface area (Å²) >= 11 is 0. The maximum atomic E-state index is 13.1. The van der Waals surface area contributed by atoms with Gasteiger partial charge in [0.25, 0.3) is 0 Å². The summed E-state index contributed by atoms with van der Waals surface area (Å²) < 4.78 is 11.5. The van der Waals surface area contributed by atoms with Crippen LogP contribution in [0.5, 0.6) is 17.4 Å². The molecule has 2 aliphatic heterocycles. The number of benzene rings is 1. The molecule has 2 amide bonds. The van der Waals surface area contributed by atoms with E-state index in [0.717, 1.165) is 31.6 Å². The summed E-state index contributed by atoms with van der Waals surface area (Å²) in [6.45, 7) is 4.29. The van der Waals surface area contributed by atoms with E-state index in [0.29, 0.717) is 36.2 Å². The van der Waals surface area contributed by atoms with Gasteiger partial charge < -0.3 is 24.6 Å². The number of aromatic nitrogens is 1. The number of carbonyl (C=O) groups excluding carboxylic acids is 2. The monoisotopic (exact) mass is 452 g/mol. The molecule has 1 aromatic carbocycles. The predicted molar refractivity (Wildman–Crippen MR) is 126 cm³/mol. The van der Waals surface area contributed by atoms with Crippen molar-refractivity contribution in [3.05, 3.63) is 42.1 Å². The number of likely N-dealkylation sites (tertiary alicyclic amines) is 1. The number of para-hydroxylation sites is 1. The number of carbonyl (C=O) groups is 2. The Labute approximate surface area is 194 Å². The van der Waals surface area contributed by atoms with E-state index in [-0.39, 0.29) is 24.7 Å². The second-order valence-corrected chi connectivity index (χ2v) is 8.46. The van der Waals surface area contributed by atoms with Crippen LogP contribution in [0.25, 0.3) is 0 Å². The third-order valence-corrected chi connectivity index (χ3v) is 6.14. The Hall–Kier alpha value is -3.13. The smallest absolute Gasteiger partial charge is 0.243 e. The number of ether oxygens (including phenoxy) is 2. The second-order valence-electron chi connectivity index (χ2n) is 8.46. The largest absolute Gasteiger partial charge is 0.493 e. The van der Waals surface area contributed by atoms with Gasteiger partial charge >= 0.3 is 0 Å². The van der Waals surface area contributed by atoms with Gasteiger partial charge in [-0.3, -0.25) is 9.59 Å². The molecule has 8 nitrogen and oxygen atoms in total. The lowest BCUT2D eigenvalue weighted by atomic mass is 10.1. The minimum Gasteiger partial charge on any atom is -0.493 e. The Kier molecular flexibility index (Phi) is 7.78. The molecular weight excluding hydrogens is 420 g/mol. The Bertz CT molecular complexity index is 975. The number of fused-ring (bicyclic) bond motifs is 2. The molecule has 1 fully saturated rings. The average molecular weight is 453 g/mol. The molecule has 0 bridgehead atoms. The Balaban J connectivity index is 1.33. The molecule has 0 aliphatic carbocycles. The molecule has 2 aromatic rings. The van der Waals surface area contributed by atoms with Gasteiger partial charge in [0.2, 0.25) is 17.7 Å². The molecule has 1 saturated heterocycles. The minimum absolute atomic E-state index is 0.0958. The average Bonchev–Trinajstić information content (AvgIpc) is 3.02. The highest BCUT2D eigenvalue weighted by molar-refractivity contribution is 5.96. The van der Waals surface area contributed by atoms with Crippen LogP contribution in [-0.4, -0.2) is 55.0 Å². The van der Waals surface area contributed by atoms with Crippen molar-refractivity contribution in [2.24, 2.45) is 0 Å². The second kappa shape index (κ2) is 11.1. The van der Waals surface area contributed by atoms with E-state index in [1.54, 1.807) is 30.3 Å². The highest BCUT2D eigenvalue weighted by Gasteiger charge is 2.28. The molecule has 1 N–H and O–H groups in total. The lowest BCUT2D eigenvalue weighted by molar-refractivity contribution is -0.125. The number of nitrogens with one attached hydrogen (secondary N) is 1. The van der Waals surface area contributed by atoms with Crippen LogP contribution in [0.3, 0.4) is 0 Å². The minimum atomic E-state index is -0.146. The molecule has 0 spiro atoms. The van der Waals surface area contributed by atoms with Crippen LogP contribution in [0.4, 0.5) is 5.69 Å². The van der Waals surface area contributed by atoms with Crippen molar-refractivity contribution in [1.82, 2.24) is 15.2 Å². The zero-order valence-electron chi connectivity index (χ0n) is 19.2. The van der Waals surface area contributed by atoms with Gasteiger partial charge in [-0.1, -0.05) is 18.6 Å². The van der Waals surface area contributed by atoms with Crippen LogP contribution in [-0.2, 0) is 16.1 Å². The van der Waals surface area contributed by atoms with Gasteiger partial charge in [-0.2, -0.15) is 0 Å². The van der Waals surface area contributed by atoms with Crippen LogP contribution in [0.2, 0.25) is 0 Å². The zero-order chi connectivity index (χ0) is 23.0. The number of piperidine rings is 1. The molecule has 2 aliphatic rings. The van der Waals surface area contributed by atoms with Crippen LogP contribution < -0.4 is 19.7 Å². The SMILES string of the molecule is COc1cccc2c1Oc1ncccc1N(C(=O)CCC(=O)NCCCN1CCCCC1)C2. The number of methoxy groups -OCH3 is 1. The number of pyridine rings is 1. The summed E-state index contributed by atoms with van der Waals surface area (Å²) in [5, 5.41) is 2.95. The quantitative estimate of drug-likeness (QED) is 0.617. The normalized spacial score (nSPS) is 15.6. The van der Waals surface area contributed by atoms with Crippen molar-refractivity contribution in [3.8, 4) is 17.4 Å². The van der Waals surface area contributed by atoms with Crippen molar-refractivity contribution in [3.63, 3.8) is 0 Å². The number of amides is 2. The fraction of sp³-hybridized carbons (Fsp3) is 0.480. The first kappa shape index (κ1) is 23.0. The summed E-state index contributed by atoms with van der Waals surface area (Å²) in [7, 11) is 1.58. The summed E-state index contributed by atoms with van der Waals surface area (Å²) in [5.41, 5.74) is 1.41. The highest BCUT2D eigenvalue weighted by Crippen LogP contribution is 2.42. The van der Waals surface area contributed by atoms with E-state index in [9.17, 15) is 9.59 Å². The van der Waals surface area contributed by atoms with E-state index >= 15 is 0 Å². The van der Waals surface area contributed by atoms with Gasteiger partial charge in [-0.15, -0.1) is 0 Å². The first-order valence-electron chi connectivity index (χ1n) is 11.7. The lowest BCUT2D eigenvalue weighted by Crippen LogP contribution is -2.34. The molecule has 33 heavy (non-hydrogen) atoms. The summed E-state index contributed by atoms with van der Waals surface area (Å²) in [6, 6.07) is 9.15. The van der Waals surface area contributed by atoms with Crippen molar-refractivity contribution < 1.29 is 19.1 Å². The van der Waals surface area contributed by atoms with Gasteiger partial charge in [-0.05, 0) is 57.1 Å². The standard InChI is InChI=1S/C25H32N4O4/c1-32-21-10-5-8-19-18-29(20-9-6-13-27-25(20)33-24(19)21)23(31)12-11-22(30)26-14-7-17-28-15-3-2-4-16-28/h5-6,8-10,13H,2-4,7,11-12,14-18H2,1H3,(H,26,30). The predicted octanol–water partition coefficient (Wildman–Crippen LogP) is 3.50. The molecular formula is C25H32N4O4. The van der Waals surface area contributed by atoms with E-state index in [1.807, 2.05) is 18.2 Å². The molecule has 3 heterocycles. The van der Waals surface area contributed by atoms with Gasteiger partial charge in [0.05, 0.1) is 13.7 Å². The summed E-state index contributed by atoms with van der Waals surface area (Å²) in [4.78, 5) is 33.9. The van der Waals surface area contributed by atoms with Gasteiger partial charge in [0.15, 0.2) is 11.5 Å². The number of rotatable bonds is 8.